The van der Waals surface area contributed by atoms with Crippen LogP contribution in [0.4, 0.5) is 0 Å². The van der Waals surface area contributed by atoms with Crippen molar-refractivity contribution >= 4 is 27.8 Å². The predicted molar refractivity (Wildman–Crippen MR) is 126 cm³/mol. The Morgan fingerprint density at radius 2 is 1.64 bits per heavy atom. The molecule has 2 aliphatic heterocycles. The number of esters is 1. The zero-order chi connectivity index (χ0) is 22.8. The summed E-state index contributed by atoms with van der Waals surface area (Å²) < 4.78 is 24.3. The van der Waals surface area contributed by atoms with Crippen LogP contribution in [0.3, 0.4) is 0 Å². The Balaban J connectivity index is 1.44. The molecule has 3 aromatic rings. The van der Waals surface area contributed by atoms with E-state index in [1.807, 2.05) is 79.7 Å². The number of hydrogen-bond acceptors (Lipinski definition) is 6. The molecule has 0 spiro atoms. The average molecular weight is 508 g/mol. The summed E-state index contributed by atoms with van der Waals surface area (Å²) >= 11 is 3.61. The van der Waals surface area contributed by atoms with E-state index in [0.717, 1.165) is 27.6 Å². The van der Waals surface area contributed by atoms with Crippen molar-refractivity contribution in [3.8, 4) is 11.5 Å². The molecule has 5 rings (SSSR count). The van der Waals surface area contributed by atoms with Gasteiger partial charge in [0.15, 0.2) is 23.6 Å². The van der Waals surface area contributed by atoms with Crippen molar-refractivity contribution in [1.29, 1.82) is 0 Å². The summed E-state index contributed by atoms with van der Waals surface area (Å²) in [6, 6.07) is 21.9. The van der Waals surface area contributed by atoms with Crippen LogP contribution in [0, 0.1) is 0 Å². The van der Waals surface area contributed by atoms with Gasteiger partial charge in [0.2, 0.25) is 12.2 Å². The van der Waals surface area contributed by atoms with E-state index >= 15 is 0 Å². The SMILES string of the molecule is CCC1Oc2cc(Br)c(C3OC(c4ccccc4)=NC3C(=O)OCc3ccccc3)cc2O1. The molecule has 7 heteroatoms. The molecule has 0 aliphatic carbocycles. The van der Waals surface area contributed by atoms with Crippen molar-refractivity contribution in [3.63, 3.8) is 0 Å². The van der Waals surface area contributed by atoms with Crippen molar-refractivity contribution in [2.75, 3.05) is 0 Å². The summed E-state index contributed by atoms with van der Waals surface area (Å²) in [5.74, 6) is 1.22. The van der Waals surface area contributed by atoms with Crippen molar-refractivity contribution in [3.05, 3.63) is 94.0 Å². The first-order valence-corrected chi connectivity index (χ1v) is 11.6. The van der Waals surface area contributed by atoms with Gasteiger partial charge in [-0.25, -0.2) is 9.79 Å². The molecular weight excluding hydrogens is 486 g/mol. The largest absolute Gasteiger partial charge is 0.466 e. The number of benzene rings is 3. The van der Waals surface area contributed by atoms with E-state index in [4.69, 9.17) is 18.9 Å². The lowest BCUT2D eigenvalue weighted by atomic mass is 10.0. The van der Waals surface area contributed by atoms with Crippen LogP contribution in [0.1, 0.15) is 36.1 Å². The molecule has 0 bridgehead atoms. The maximum Gasteiger partial charge on any atom is 0.335 e. The third kappa shape index (κ3) is 4.46. The molecule has 0 radical (unpaired) electrons. The summed E-state index contributed by atoms with van der Waals surface area (Å²) in [5.41, 5.74) is 2.44. The highest BCUT2D eigenvalue weighted by atomic mass is 79.9. The van der Waals surface area contributed by atoms with Gasteiger partial charge in [0, 0.05) is 22.0 Å². The maximum atomic E-state index is 13.1. The van der Waals surface area contributed by atoms with Gasteiger partial charge >= 0.3 is 5.97 Å². The molecule has 33 heavy (non-hydrogen) atoms. The molecule has 0 amide bonds. The molecule has 0 aromatic heterocycles. The smallest absolute Gasteiger partial charge is 0.335 e. The van der Waals surface area contributed by atoms with Crippen LogP contribution >= 0.6 is 15.9 Å². The highest BCUT2D eigenvalue weighted by Crippen LogP contribution is 2.44. The summed E-state index contributed by atoms with van der Waals surface area (Å²) in [4.78, 5) is 17.8. The molecule has 2 aliphatic rings. The van der Waals surface area contributed by atoms with Gasteiger partial charge in [-0.15, -0.1) is 0 Å². The van der Waals surface area contributed by atoms with E-state index in [2.05, 4.69) is 20.9 Å². The van der Waals surface area contributed by atoms with Crippen molar-refractivity contribution in [2.45, 2.75) is 38.4 Å². The molecule has 3 unspecified atom stereocenters. The minimum absolute atomic E-state index is 0.166. The predicted octanol–water partition coefficient (Wildman–Crippen LogP) is 5.59. The normalized spacial score (nSPS) is 20.8. The lowest BCUT2D eigenvalue weighted by molar-refractivity contribution is -0.148. The number of carbonyl (C=O) groups is 1. The second kappa shape index (κ2) is 9.27. The molecular formula is C26H22BrNO5. The summed E-state index contributed by atoms with van der Waals surface area (Å²) in [5, 5.41) is 0. The lowest BCUT2D eigenvalue weighted by Gasteiger charge is -2.19. The maximum absolute atomic E-state index is 13.1. The van der Waals surface area contributed by atoms with E-state index in [1.54, 1.807) is 0 Å². The Bertz CT molecular complexity index is 1180. The van der Waals surface area contributed by atoms with Gasteiger partial charge in [0.05, 0.1) is 0 Å². The topological polar surface area (TPSA) is 66.4 Å². The Kier molecular flexibility index (Phi) is 6.05. The third-order valence-corrected chi connectivity index (χ3v) is 6.17. The Hall–Kier alpha value is -3.32. The molecule has 0 fully saturated rings. The number of fused-ring (bicyclic) bond motifs is 1. The van der Waals surface area contributed by atoms with E-state index in [9.17, 15) is 4.79 Å². The van der Waals surface area contributed by atoms with E-state index < -0.39 is 18.1 Å². The number of nitrogens with zero attached hydrogens (tertiary/aromatic N) is 1. The molecule has 0 saturated carbocycles. The number of aliphatic imine (C=N–C) groups is 1. The summed E-state index contributed by atoms with van der Waals surface area (Å²) in [6.45, 7) is 2.16. The van der Waals surface area contributed by atoms with Crippen LogP contribution in [0.2, 0.25) is 0 Å². The van der Waals surface area contributed by atoms with Gasteiger partial charge in [0.1, 0.15) is 6.61 Å². The van der Waals surface area contributed by atoms with Gasteiger partial charge in [0.25, 0.3) is 0 Å². The molecule has 168 valence electrons. The zero-order valence-electron chi connectivity index (χ0n) is 17.9. The summed E-state index contributed by atoms with van der Waals surface area (Å²) in [7, 11) is 0. The molecule has 0 N–H and O–H groups in total. The fraction of sp³-hybridized carbons (Fsp3) is 0.231. The standard InChI is InChI=1S/C26H22BrNO5/c1-2-22-31-20-13-18(19(27)14-21(20)32-22)24-23(26(29)30-15-16-9-5-3-6-10-16)28-25(33-24)17-11-7-4-8-12-17/h3-14,22-24H,2,15H2,1H3. The van der Waals surface area contributed by atoms with Crippen LogP contribution in [-0.2, 0) is 20.9 Å². The first-order chi connectivity index (χ1) is 16.1. The number of carbonyl (C=O) groups excluding carboxylic acids is 1. The van der Waals surface area contributed by atoms with Gasteiger partial charge in [-0.1, -0.05) is 71.4 Å². The highest BCUT2D eigenvalue weighted by molar-refractivity contribution is 9.10. The van der Waals surface area contributed by atoms with Crippen LogP contribution in [0.5, 0.6) is 11.5 Å². The highest BCUT2D eigenvalue weighted by Gasteiger charge is 2.41. The van der Waals surface area contributed by atoms with Crippen LogP contribution in [-0.4, -0.2) is 24.2 Å². The number of rotatable bonds is 6. The van der Waals surface area contributed by atoms with Gasteiger partial charge in [-0.3, -0.25) is 0 Å². The molecule has 2 heterocycles. The minimum Gasteiger partial charge on any atom is -0.466 e. The minimum atomic E-state index is -0.859. The zero-order valence-corrected chi connectivity index (χ0v) is 19.5. The average Bonchev–Trinajstić information content (AvgIpc) is 3.47. The fourth-order valence-electron chi connectivity index (χ4n) is 3.78. The van der Waals surface area contributed by atoms with Gasteiger partial charge in [-0.05, 0) is 29.8 Å². The van der Waals surface area contributed by atoms with E-state index in [-0.39, 0.29) is 12.9 Å². The van der Waals surface area contributed by atoms with E-state index in [0.29, 0.717) is 17.4 Å². The molecule has 3 aromatic carbocycles. The lowest BCUT2D eigenvalue weighted by Crippen LogP contribution is -2.26. The second-order valence-corrected chi connectivity index (χ2v) is 8.63. The van der Waals surface area contributed by atoms with Gasteiger partial charge < -0.3 is 18.9 Å². The van der Waals surface area contributed by atoms with Crippen LogP contribution in [0.25, 0.3) is 0 Å². The second-order valence-electron chi connectivity index (χ2n) is 7.77. The monoisotopic (exact) mass is 507 g/mol. The van der Waals surface area contributed by atoms with E-state index in [1.165, 1.54) is 0 Å². The Labute approximate surface area is 200 Å². The van der Waals surface area contributed by atoms with Crippen molar-refractivity contribution in [2.24, 2.45) is 4.99 Å². The van der Waals surface area contributed by atoms with Crippen LogP contribution < -0.4 is 9.47 Å². The Morgan fingerprint density at radius 1 is 0.970 bits per heavy atom. The van der Waals surface area contributed by atoms with Gasteiger partial charge in [-0.2, -0.15) is 0 Å². The van der Waals surface area contributed by atoms with Crippen molar-refractivity contribution in [1.82, 2.24) is 0 Å². The fourth-order valence-corrected chi connectivity index (χ4v) is 4.33. The van der Waals surface area contributed by atoms with Crippen molar-refractivity contribution < 1.29 is 23.7 Å². The molecule has 0 saturated heterocycles. The Morgan fingerprint density at radius 3 is 2.33 bits per heavy atom. The third-order valence-electron chi connectivity index (χ3n) is 5.49. The number of hydrogen-bond donors (Lipinski definition) is 0. The first kappa shape index (κ1) is 21.5. The molecule has 6 nitrogen and oxygen atoms in total. The van der Waals surface area contributed by atoms with Crippen LogP contribution in [0.15, 0.2) is 82.3 Å². The molecule has 3 atom stereocenters. The quantitative estimate of drug-likeness (QED) is 0.407. The number of halogens is 1. The first-order valence-electron chi connectivity index (χ1n) is 10.8. The summed E-state index contributed by atoms with van der Waals surface area (Å²) in [6.07, 6.45) is -0.279. The number of ether oxygens (including phenoxy) is 4.